The molecule has 0 saturated carbocycles. The van der Waals surface area contributed by atoms with Crippen molar-refractivity contribution in [2.24, 2.45) is 0 Å². The monoisotopic (exact) mass is 261 g/mol. The number of hydrogen-bond donors (Lipinski definition) is 1. The van der Waals surface area contributed by atoms with Gasteiger partial charge in [0.25, 0.3) is 5.91 Å². The van der Waals surface area contributed by atoms with E-state index in [0.29, 0.717) is 22.0 Å². The molecule has 0 aliphatic carbocycles. The summed E-state index contributed by atoms with van der Waals surface area (Å²) < 4.78 is 0. The van der Waals surface area contributed by atoms with Crippen molar-refractivity contribution in [3.63, 3.8) is 0 Å². The molecule has 1 amide bonds. The lowest BCUT2D eigenvalue weighted by Gasteiger charge is -2.17. The molecule has 0 spiro atoms. The van der Waals surface area contributed by atoms with E-state index in [2.05, 4.69) is 4.98 Å². The van der Waals surface area contributed by atoms with E-state index in [9.17, 15) is 4.79 Å². The number of halogens is 1. The molecule has 0 radical (unpaired) electrons. The number of pyridine rings is 1. The molecule has 2 rings (SSSR count). The van der Waals surface area contributed by atoms with Gasteiger partial charge in [-0.2, -0.15) is 0 Å². The van der Waals surface area contributed by atoms with Crippen LogP contribution >= 0.6 is 11.6 Å². The Bertz CT molecular complexity index is 572. The second-order valence-electron chi connectivity index (χ2n) is 3.81. The van der Waals surface area contributed by atoms with Gasteiger partial charge >= 0.3 is 0 Å². The number of carbonyl (C=O) groups excluding carboxylic acids is 1. The normalized spacial score (nSPS) is 10.1. The lowest BCUT2D eigenvalue weighted by molar-refractivity contribution is 0.0993. The highest BCUT2D eigenvalue weighted by Crippen LogP contribution is 2.22. The molecule has 18 heavy (non-hydrogen) atoms. The molecular weight excluding hydrogens is 250 g/mol. The fourth-order valence-corrected chi connectivity index (χ4v) is 1.82. The number of nitrogens with two attached hydrogens (primary N) is 1. The van der Waals surface area contributed by atoms with E-state index >= 15 is 0 Å². The minimum Gasteiger partial charge on any atom is -0.399 e. The van der Waals surface area contributed by atoms with Crippen LogP contribution < -0.4 is 10.6 Å². The van der Waals surface area contributed by atoms with Crippen molar-refractivity contribution >= 4 is 28.9 Å². The first-order valence-corrected chi connectivity index (χ1v) is 5.70. The highest BCUT2D eigenvalue weighted by Gasteiger charge is 2.16. The predicted molar refractivity (Wildman–Crippen MR) is 72.8 cm³/mol. The van der Waals surface area contributed by atoms with Crippen LogP contribution in [-0.4, -0.2) is 17.9 Å². The first kappa shape index (κ1) is 12.4. The maximum absolute atomic E-state index is 12.3. The van der Waals surface area contributed by atoms with Crippen LogP contribution in [0.1, 0.15) is 10.4 Å². The van der Waals surface area contributed by atoms with Crippen LogP contribution in [0.2, 0.25) is 5.02 Å². The SMILES string of the molecule is CN(C(=O)c1ccc(N)cc1Cl)c1cccnc1. The first-order chi connectivity index (χ1) is 8.59. The Kier molecular flexibility index (Phi) is 3.48. The molecule has 0 bridgehead atoms. The zero-order chi connectivity index (χ0) is 13.1. The van der Waals surface area contributed by atoms with E-state index in [1.807, 2.05) is 0 Å². The number of nitrogen functional groups attached to an aromatic ring is 1. The van der Waals surface area contributed by atoms with Gasteiger partial charge in [0.2, 0.25) is 0 Å². The smallest absolute Gasteiger partial charge is 0.259 e. The molecule has 0 aliphatic rings. The molecule has 2 N–H and O–H groups in total. The van der Waals surface area contributed by atoms with E-state index in [0.717, 1.165) is 0 Å². The van der Waals surface area contributed by atoms with E-state index in [1.165, 1.54) is 4.90 Å². The topological polar surface area (TPSA) is 59.2 Å². The summed E-state index contributed by atoms with van der Waals surface area (Å²) >= 11 is 6.01. The number of nitrogens with zero attached hydrogens (tertiary/aromatic N) is 2. The van der Waals surface area contributed by atoms with Gasteiger partial charge in [-0.25, -0.2) is 0 Å². The van der Waals surface area contributed by atoms with Crippen molar-refractivity contribution in [3.8, 4) is 0 Å². The van der Waals surface area contributed by atoms with E-state index in [1.54, 1.807) is 49.8 Å². The van der Waals surface area contributed by atoms with E-state index in [4.69, 9.17) is 17.3 Å². The molecule has 92 valence electrons. The summed E-state index contributed by atoms with van der Waals surface area (Å²) in [6, 6.07) is 8.40. The Morgan fingerprint density at radius 2 is 2.17 bits per heavy atom. The van der Waals surface area contributed by atoms with Crippen LogP contribution in [0.3, 0.4) is 0 Å². The van der Waals surface area contributed by atoms with Crippen molar-refractivity contribution < 1.29 is 4.79 Å². The highest BCUT2D eigenvalue weighted by molar-refractivity contribution is 6.34. The van der Waals surface area contributed by atoms with Gasteiger partial charge in [0.15, 0.2) is 0 Å². The molecule has 0 atom stereocenters. The van der Waals surface area contributed by atoms with Gasteiger partial charge in [0.05, 0.1) is 22.5 Å². The molecule has 0 fully saturated rings. The van der Waals surface area contributed by atoms with Gasteiger partial charge in [0.1, 0.15) is 0 Å². The van der Waals surface area contributed by atoms with Crippen LogP contribution in [0, 0.1) is 0 Å². The van der Waals surface area contributed by atoms with Crippen LogP contribution in [0.4, 0.5) is 11.4 Å². The van der Waals surface area contributed by atoms with Crippen molar-refractivity contribution in [2.45, 2.75) is 0 Å². The molecule has 4 nitrogen and oxygen atoms in total. The Morgan fingerprint density at radius 1 is 1.39 bits per heavy atom. The Morgan fingerprint density at radius 3 is 2.78 bits per heavy atom. The summed E-state index contributed by atoms with van der Waals surface area (Å²) in [5.41, 5.74) is 7.24. The molecule has 1 aromatic heterocycles. The number of anilines is 2. The molecule has 0 saturated heterocycles. The molecule has 0 unspecified atom stereocenters. The van der Waals surface area contributed by atoms with Gasteiger partial charge in [-0.05, 0) is 30.3 Å². The Labute approximate surface area is 110 Å². The number of hydrogen-bond acceptors (Lipinski definition) is 3. The second kappa shape index (κ2) is 5.06. The lowest BCUT2D eigenvalue weighted by Crippen LogP contribution is -2.26. The Hall–Kier alpha value is -2.07. The van der Waals surface area contributed by atoms with E-state index in [-0.39, 0.29) is 5.91 Å². The average Bonchev–Trinajstić information content (AvgIpc) is 2.38. The third kappa shape index (κ3) is 2.43. The van der Waals surface area contributed by atoms with Crippen LogP contribution in [0.25, 0.3) is 0 Å². The van der Waals surface area contributed by atoms with Crippen LogP contribution in [-0.2, 0) is 0 Å². The predicted octanol–water partition coefficient (Wildman–Crippen LogP) is 2.59. The van der Waals surface area contributed by atoms with Crippen molar-refractivity contribution in [2.75, 3.05) is 17.7 Å². The largest absolute Gasteiger partial charge is 0.399 e. The van der Waals surface area contributed by atoms with Crippen LogP contribution in [0.5, 0.6) is 0 Å². The minimum atomic E-state index is -0.201. The summed E-state index contributed by atoms with van der Waals surface area (Å²) in [6.07, 6.45) is 3.26. The lowest BCUT2D eigenvalue weighted by atomic mass is 10.1. The van der Waals surface area contributed by atoms with Gasteiger partial charge in [-0.1, -0.05) is 11.6 Å². The molecule has 5 heteroatoms. The highest BCUT2D eigenvalue weighted by atomic mass is 35.5. The van der Waals surface area contributed by atoms with Crippen molar-refractivity contribution in [1.29, 1.82) is 0 Å². The fraction of sp³-hybridized carbons (Fsp3) is 0.0769. The summed E-state index contributed by atoms with van der Waals surface area (Å²) in [5, 5.41) is 0.343. The minimum absolute atomic E-state index is 0.201. The van der Waals surface area contributed by atoms with Gasteiger partial charge < -0.3 is 10.6 Å². The summed E-state index contributed by atoms with van der Waals surface area (Å²) in [7, 11) is 1.67. The zero-order valence-corrected chi connectivity index (χ0v) is 10.6. The first-order valence-electron chi connectivity index (χ1n) is 5.32. The van der Waals surface area contributed by atoms with Crippen LogP contribution in [0.15, 0.2) is 42.7 Å². The number of aromatic nitrogens is 1. The average molecular weight is 262 g/mol. The van der Waals surface area contributed by atoms with Crippen molar-refractivity contribution in [1.82, 2.24) is 4.98 Å². The standard InChI is InChI=1S/C13H12ClN3O/c1-17(10-3-2-6-16-8-10)13(18)11-5-4-9(15)7-12(11)14/h2-8H,15H2,1H3. The van der Waals surface area contributed by atoms with Gasteiger partial charge in [0, 0.05) is 18.9 Å². The molecule has 2 aromatic rings. The number of amides is 1. The summed E-state index contributed by atoms with van der Waals surface area (Å²) in [4.78, 5) is 17.7. The third-order valence-corrected chi connectivity index (χ3v) is 2.87. The second-order valence-corrected chi connectivity index (χ2v) is 4.22. The summed E-state index contributed by atoms with van der Waals surface area (Å²) in [6.45, 7) is 0. The van der Waals surface area contributed by atoms with Crippen molar-refractivity contribution in [3.05, 3.63) is 53.3 Å². The zero-order valence-electron chi connectivity index (χ0n) is 9.80. The molecule has 0 aliphatic heterocycles. The number of benzene rings is 1. The Balaban J connectivity index is 2.32. The van der Waals surface area contributed by atoms with E-state index < -0.39 is 0 Å². The van der Waals surface area contributed by atoms with Gasteiger partial charge in [-0.15, -0.1) is 0 Å². The fourth-order valence-electron chi connectivity index (χ4n) is 1.55. The molecule has 1 aromatic carbocycles. The molecular formula is C13H12ClN3O. The quantitative estimate of drug-likeness (QED) is 0.846. The number of carbonyl (C=O) groups is 1. The summed E-state index contributed by atoms with van der Waals surface area (Å²) in [5.74, 6) is -0.201. The third-order valence-electron chi connectivity index (χ3n) is 2.56. The number of rotatable bonds is 2. The maximum atomic E-state index is 12.3. The van der Waals surface area contributed by atoms with Gasteiger partial charge in [-0.3, -0.25) is 9.78 Å². The molecule has 1 heterocycles. The maximum Gasteiger partial charge on any atom is 0.259 e.